The molecule has 152 valence electrons. The van der Waals surface area contributed by atoms with E-state index >= 15 is 0 Å². The Morgan fingerprint density at radius 2 is 1.97 bits per heavy atom. The second-order valence-corrected chi connectivity index (χ2v) is 7.37. The van der Waals surface area contributed by atoms with Gasteiger partial charge in [-0.05, 0) is 31.4 Å². The Kier molecular flexibility index (Phi) is 4.31. The summed E-state index contributed by atoms with van der Waals surface area (Å²) in [5, 5.41) is 15.8. The van der Waals surface area contributed by atoms with Gasteiger partial charge < -0.3 is 16.0 Å². The summed E-state index contributed by atoms with van der Waals surface area (Å²) in [5.41, 5.74) is 2.38. The number of urea groups is 1. The van der Waals surface area contributed by atoms with Gasteiger partial charge in [-0.2, -0.15) is 19.6 Å². The molecule has 4 N–H and O–H groups in total. The quantitative estimate of drug-likeness (QED) is 0.366. The lowest BCUT2D eigenvalue weighted by Gasteiger charge is -2.15. The van der Waals surface area contributed by atoms with E-state index in [-0.39, 0.29) is 11.7 Å². The number of aromatic nitrogens is 4. The number of carbonyl (C=O) groups excluding carboxylic acids is 2. The SMILES string of the molecule is C[C@@H](Nc1nc(NC2CC2)n2ncc(/C=C3\NC(=O)NC3=O)c2n1)c1ccccc1. The molecule has 1 aliphatic heterocycles. The van der Waals surface area contributed by atoms with Gasteiger partial charge in [0.25, 0.3) is 5.91 Å². The first-order chi connectivity index (χ1) is 14.6. The first-order valence-corrected chi connectivity index (χ1v) is 9.74. The molecule has 0 bridgehead atoms. The summed E-state index contributed by atoms with van der Waals surface area (Å²) in [6.07, 6.45) is 5.32. The lowest BCUT2D eigenvalue weighted by molar-refractivity contribution is -0.115. The van der Waals surface area contributed by atoms with Crippen molar-refractivity contribution >= 4 is 35.6 Å². The maximum Gasteiger partial charge on any atom is 0.326 e. The maximum absolute atomic E-state index is 11.9. The number of imide groups is 1. The molecule has 3 amide bonds. The van der Waals surface area contributed by atoms with Gasteiger partial charge in [-0.1, -0.05) is 30.3 Å². The standard InChI is InChI=1S/C20H20N8O2/c1-11(12-5-3-2-4-6-12)22-18-25-16-13(9-15-17(29)26-20(30)24-15)10-21-28(16)19(27-18)23-14-7-8-14/h2-6,9-11,14H,7-8H2,1H3,(H2,22,23,25,27)(H2,24,26,29,30)/b15-9-/t11-/m1/s1. The van der Waals surface area contributed by atoms with Crippen LogP contribution in [0.1, 0.15) is 36.9 Å². The van der Waals surface area contributed by atoms with E-state index in [0.29, 0.717) is 29.1 Å². The normalized spacial score (nSPS) is 18.4. The fraction of sp³-hybridized carbons (Fsp3) is 0.250. The highest BCUT2D eigenvalue weighted by Gasteiger charge is 2.26. The third kappa shape index (κ3) is 3.54. The maximum atomic E-state index is 11.9. The van der Waals surface area contributed by atoms with Crippen molar-refractivity contribution in [2.45, 2.75) is 31.8 Å². The largest absolute Gasteiger partial charge is 0.351 e. The molecule has 3 aromatic rings. The second-order valence-electron chi connectivity index (χ2n) is 7.37. The van der Waals surface area contributed by atoms with Crippen molar-refractivity contribution in [3.63, 3.8) is 0 Å². The van der Waals surface area contributed by atoms with E-state index in [1.165, 1.54) is 0 Å². The zero-order valence-electron chi connectivity index (χ0n) is 16.2. The number of anilines is 2. The summed E-state index contributed by atoms with van der Waals surface area (Å²) in [6.45, 7) is 2.04. The zero-order valence-corrected chi connectivity index (χ0v) is 16.2. The molecule has 2 aromatic heterocycles. The molecule has 5 rings (SSSR count). The van der Waals surface area contributed by atoms with Gasteiger partial charge in [0.2, 0.25) is 11.9 Å². The van der Waals surface area contributed by atoms with Crippen molar-refractivity contribution < 1.29 is 9.59 Å². The molecule has 10 heteroatoms. The molecule has 1 aliphatic carbocycles. The fourth-order valence-corrected chi connectivity index (χ4v) is 3.22. The summed E-state index contributed by atoms with van der Waals surface area (Å²) < 4.78 is 1.61. The third-order valence-electron chi connectivity index (χ3n) is 4.97. The summed E-state index contributed by atoms with van der Waals surface area (Å²) in [5.74, 6) is 0.540. The molecule has 1 saturated heterocycles. The van der Waals surface area contributed by atoms with Gasteiger partial charge in [0.05, 0.1) is 12.2 Å². The number of fused-ring (bicyclic) bond motifs is 1. The van der Waals surface area contributed by atoms with E-state index in [2.05, 4.69) is 36.3 Å². The molecule has 0 radical (unpaired) electrons. The summed E-state index contributed by atoms with van der Waals surface area (Å²) in [6, 6.07) is 9.83. The van der Waals surface area contributed by atoms with Crippen molar-refractivity contribution in [2.75, 3.05) is 10.6 Å². The van der Waals surface area contributed by atoms with Crippen LogP contribution < -0.4 is 21.3 Å². The Bertz CT molecular complexity index is 1170. The monoisotopic (exact) mass is 404 g/mol. The molecular weight excluding hydrogens is 384 g/mol. The number of amides is 3. The van der Waals surface area contributed by atoms with Crippen LogP contribution in [0.2, 0.25) is 0 Å². The predicted octanol–water partition coefficient (Wildman–Crippen LogP) is 2.05. The van der Waals surface area contributed by atoms with Crippen molar-refractivity contribution in [3.8, 4) is 0 Å². The molecule has 1 atom stereocenters. The van der Waals surface area contributed by atoms with Gasteiger partial charge in [-0.25, -0.2) is 4.79 Å². The number of nitrogens with zero attached hydrogens (tertiary/aromatic N) is 4. The van der Waals surface area contributed by atoms with Gasteiger partial charge in [-0.15, -0.1) is 0 Å². The van der Waals surface area contributed by atoms with Gasteiger partial charge in [0, 0.05) is 11.6 Å². The van der Waals surface area contributed by atoms with Crippen molar-refractivity contribution in [1.29, 1.82) is 0 Å². The molecule has 1 saturated carbocycles. The lowest BCUT2D eigenvalue weighted by atomic mass is 10.1. The molecule has 30 heavy (non-hydrogen) atoms. The summed E-state index contributed by atoms with van der Waals surface area (Å²) >= 11 is 0. The number of benzene rings is 1. The highest BCUT2D eigenvalue weighted by atomic mass is 16.2. The minimum atomic E-state index is -0.549. The lowest BCUT2D eigenvalue weighted by Crippen LogP contribution is -2.22. The highest BCUT2D eigenvalue weighted by Crippen LogP contribution is 2.26. The van der Waals surface area contributed by atoms with Crippen molar-refractivity contribution in [2.24, 2.45) is 0 Å². The highest BCUT2D eigenvalue weighted by molar-refractivity contribution is 6.14. The van der Waals surface area contributed by atoms with Gasteiger partial charge in [0.1, 0.15) is 5.70 Å². The van der Waals surface area contributed by atoms with Crippen molar-refractivity contribution in [1.82, 2.24) is 30.2 Å². The minimum Gasteiger partial charge on any atom is -0.351 e. The number of carbonyl (C=O) groups is 2. The first kappa shape index (κ1) is 18.1. The molecule has 0 spiro atoms. The van der Waals surface area contributed by atoms with E-state index in [4.69, 9.17) is 0 Å². The van der Waals surface area contributed by atoms with E-state index in [1.54, 1.807) is 16.8 Å². The number of nitrogens with one attached hydrogen (secondary N) is 4. The van der Waals surface area contributed by atoms with Crippen LogP contribution in [0.4, 0.5) is 16.7 Å². The van der Waals surface area contributed by atoms with Crippen LogP contribution in [-0.2, 0) is 4.79 Å². The van der Waals surface area contributed by atoms with Crippen LogP contribution in [0.3, 0.4) is 0 Å². The third-order valence-corrected chi connectivity index (χ3v) is 4.97. The van der Waals surface area contributed by atoms with Gasteiger partial charge in [0.15, 0.2) is 5.65 Å². The molecule has 10 nitrogen and oxygen atoms in total. The number of hydrogen-bond donors (Lipinski definition) is 4. The van der Waals surface area contributed by atoms with E-state index in [0.717, 1.165) is 18.4 Å². The van der Waals surface area contributed by atoms with Crippen LogP contribution in [0.15, 0.2) is 42.2 Å². The van der Waals surface area contributed by atoms with Gasteiger partial charge in [-0.3, -0.25) is 10.1 Å². The Morgan fingerprint density at radius 1 is 1.17 bits per heavy atom. The molecule has 2 aliphatic rings. The average molecular weight is 404 g/mol. The smallest absolute Gasteiger partial charge is 0.326 e. The van der Waals surface area contributed by atoms with Crippen LogP contribution >= 0.6 is 0 Å². The van der Waals surface area contributed by atoms with Crippen LogP contribution in [0.5, 0.6) is 0 Å². The summed E-state index contributed by atoms with van der Waals surface area (Å²) in [4.78, 5) is 32.5. The summed E-state index contributed by atoms with van der Waals surface area (Å²) in [7, 11) is 0. The molecule has 3 heterocycles. The predicted molar refractivity (Wildman–Crippen MR) is 111 cm³/mol. The van der Waals surface area contributed by atoms with E-state index in [1.807, 2.05) is 37.3 Å². The van der Waals surface area contributed by atoms with Crippen molar-refractivity contribution in [3.05, 3.63) is 53.4 Å². The molecular formula is C20H20N8O2. The van der Waals surface area contributed by atoms with Gasteiger partial charge >= 0.3 is 6.03 Å². The first-order valence-electron chi connectivity index (χ1n) is 9.74. The van der Waals surface area contributed by atoms with Crippen LogP contribution in [0, 0.1) is 0 Å². The molecule has 2 fully saturated rings. The molecule has 1 aromatic carbocycles. The Morgan fingerprint density at radius 3 is 2.67 bits per heavy atom. The Balaban J connectivity index is 1.53. The fourth-order valence-electron chi connectivity index (χ4n) is 3.22. The molecule has 0 unspecified atom stereocenters. The second kappa shape index (κ2) is 7.14. The van der Waals surface area contributed by atoms with Crippen LogP contribution in [0.25, 0.3) is 11.7 Å². The topological polar surface area (TPSA) is 125 Å². The zero-order chi connectivity index (χ0) is 20.7. The van der Waals surface area contributed by atoms with E-state index in [9.17, 15) is 9.59 Å². The Hall–Kier alpha value is -3.95. The number of rotatable bonds is 6. The van der Waals surface area contributed by atoms with Crippen LogP contribution in [-0.4, -0.2) is 37.6 Å². The minimum absolute atomic E-state index is 0.00736. The Labute approximate surface area is 171 Å². The average Bonchev–Trinajstić information content (AvgIpc) is 3.37. The van der Waals surface area contributed by atoms with E-state index < -0.39 is 11.9 Å². The number of hydrogen-bond acceptors (Lipinski definition) is 7.